The molecular weight excluding hydrogens is 663 g/mol. The van der Waals surface area contributed by atoms with Gasteiger partial charge in [0.15, 0.2) is 0 Å². The summed E-state index contributed by atoms with van der Waals surface area (Å²) in [5.41, 5.74) is 0. The van der Waals surface area contributed by atoms with Gasteiger partial charge in [0.1, 0.15) is 5.78 Å². The number of hydrogen-bond donors (Lipinski definition) is 0. The molecule has 0 bridgehead atoms. The highest BCUT2D eigenvalue weighted by Gasteiger charge is 2.96. The first kappa shape index (κ1) is 36.1. The van der Waals surface area contributed by atoms with E-state index in [1.165, 1.54) is 0 Å². The quantitative estimate of drug-likeness (QED) is 0.239. The lowest BCUT2D eigenvalue weighted by atomic mass is 9.91. The van der Waals surface area contributed by atoms with Gasteiger partial charge in [-0.2, -0.15) is 94.8 Å². The second kappa shape index (κ2) is 10.1. The molecule has 0 aliphatic carbocycles. The molecule has 24 heteroatoms. The Balaban J connectivity index is 3.70. The van der Waals surface area contributed by atoms with Gasteiger partial charge in [-0.15, -0.1) is 10.3 Å². The van der Waals surface area contributed by atoms with Gasteiger partial charge in [0, 0.05) is 23.0 Å². The predicted octanol–water partition coefficient (Wildman–Crippen LogP) is 6.36. The van der Waals surface area contributed by atoms with Crippen LogP contribution in [0.4, 0.5) is 74.6 Å². The van der Waals surface area contributed by atoms with E-state index in [0.717, 1.165) is 11.8 Å². The Labute approximate surface area is 212 Å². The van der Waals surface area contributed by atoms with Crippen LogP contribution in [0.2, 0.25) is 0 Å². The molecule has 0 radical (unpaired) electrons. The Bertz CT molecular complexity index is 1030. The fourth-order valence-electron chi connectivity index (χ4n) is 2.77. The van der Waals surface area contributed by atoms with Gasteiger partial charge in [-0.05, 0) is 6.92 Å². The van der Waals surface area contributed by atoms with E-state index in [9.17, 15) is 87.8 Å². The third-order valence-electron chi connectivity index (χ3n) is 4.91. The fraction of sp³-hybridized carbons (Fsp3) is 0.933. The second-order valence-corrected chi connectivity index (χ2v) is 14.0. The zero-order valence-electron chi connectivity index (χ0n) is 18.3. The average molecular weight is 676 g/mol. The Morgan fingerprint density at radius 1 is 0.667 bits per heavy atom. The standard InChI is InChI=1S/C15H13F17O4S3/c1-7(33)6-38(4-2-37-3-5-38)36-39(34,35)15(31,32)13(26,27)11(22,23)9(18,19)8(16,17)10(20,21)12(24,25)14(28,29)30/h2-6H2,1H3. The summed E-state index contributed by atoms with van der Waals surface area (Å²) >= 11 is 0.964. The van der Waals surface area contributed by atoms with Crippen LogP contribution in [-0.2, 0) is 18.5 Å². The predicted molar refractivity (Wildman–Crippen MR) is 101 cm³/mol. The molecule has 0 aromatic heterocycles. The first-order valence-corrected chi connectivity index (χ1v) is 14.0. The zero-order chi connectivity index (χ0) is 31.5. The van der Waals surface area contributed by atoms with E-state index in [0.29, 0.717) is 6.92 Å². The van der Waals surface area contributed by atoms with Crippen molar-refractivity contribution in [3.8, 4) is 0 Å². The topological polar surface area (TPSA) is 60.4 Å². The van der Waals surface area contributed by atoms with Crippen LogP contribution in [0.1, 0.15) is 6.92 Å². The molecule has 1 rings (SSSR count). The van der Waals surface area contributed by atoms with E-state index in [2.05, 4.69) is 3.63 Å². The van der Waals surface area contributed by atoms with Crippen molar-refractivity contribution in [3.05, 3.63) is 0 Å². The number of rotatable bonds is 11. The molecule has 0 amide bonds. The minimum Gasteiger partial charge on any atom is -0.299 e. The van der Waals surface area contributed by atoms with Crippen LogP contribution in [0.3, 0.4) is 0 Å². The van der Waals surface area contributed by atoms with Crippen molar-refractivity contribution < 1.29 is 91.5 Å². The molecule has 39 heavy (non-hydrogen) atoms. The van der Waals surface area contributed by atoms with Crippen LogP contribution in [-0.4, -0.2) is 89.9 Å². The molecule has 0 unspecified atom stereocenters. The van der Waals surface area contributed by atoms with E-state index < -0.39 is 90.4 Å². The summed E-state index contributed by atoms with van der Waals surface area (Å²) in [6.45, 7) is 0.701. The first-order chi connectivity index (χ1) is 16.8. The molecule has 4 nitrogen and oxygen atoms in total. The normalized spacial score (nSPS) is 20.1. The van der Waals surface area contributed by atoms with Gasteiger partial charge >= 0.3 is 57.1 Å². The maximum absolute atomic E-state index is 14.3. The molecule has 0 N–H and O–H groups in total. The molecule has 1 aliphatic heterocycles. The lowest BCUT2D eigenvalue weighted by Gasteiger charge is -2.44. The van der Waals surface area contributed by atoms with Gasteiger partial charge < -0.3 is 0 Å². The highest BCUT2D eigenvalue weighted by atomic mass is 32.3. The number of halogens is 17. The fourth-order valence-corrected chi connectivity index (χ4v) is 10.6. The maximum atomic E-state index is 14.3. The Hall–Kier alpha value is -0.910. The zero-order valence-corrected chi connectivity index (χ0v) is 20.8. The summed E-state index contributed by atoms with van der Waals surface area (Å²) in [7, 11) is -11.4. The number of thioether (sulfide) groups is 1. The van der Waals surface area contributed by atoms with Gasteiger partial charge in [0.05, 0.1) is 5.75 Å². The smallest absolute Gasteiger partial charge is 0.299 e. The maximum Gasteiger partial charge on any atom is 0.460 e. The van der Waals surface area contributed by atoms with Crippen molar-refractivity contribution in [2.24, 2.45) is 0 Å². The molecule has 0 saturated carbocycles. The van der Waals surface area contributed by atoms with E-state index in [1.807, 2.05) is 0 Å². The molecule has 1 aliphatic rings. The van der Waals surface area contributed by atoms with Gasteiger partial charge in [-0.1, -0.05) is 0 Å². The third-order valence-corrected chi connectivity index (χ3v) is 12.0. The second-order valence-electron chi connectivity index (χ2n) is 7.82. The Kier molecular flexibility index (Phi) is 9.37. The molecule has 1 heterocycles. The molecular formula is C15H13F17O4S3. The van der Waals surface area contributed by atoms with E-state index in [4.69, 9.17) is 0 Å². The number of carbonyl (C=O) groups excluding carboxylic acids is 1. The summed E-state index contributed by atoms with van der Waals surface area (Å²) in [5, 5.41) is -7.74. The van der Waals surface area contributed by atoms with Crippen molar-refractivity contribution in [2.75, 3.05) is 28.8 Å². The van der Waals surface area contributed by atoms with Crippen LogP contribution in [0.25, 0.3) is 0 Å². The molecule has 0 atom stereocenters. The summed E-state index contributed by atoms with van der Waals surface area (Å²) in [5.74, 6) is -55.9. The Morgan fingerprint density at radius 2 is 1.00 bits per heavy atom. The number of ketones is 1. The molecule has 1 fully saturated rings. The van der Waals surface area contributed by atoms with Crippen molar-refractivity contribution in [3.63, 3.8) is 0 Å². The molecule has 234 valence electrons. The molecule has 0 aromatic rings. The number of carbonyl (C=O) groups is 1. The number of Topliss-reactive ketones (excluding diaryl/α,β-unsaturated/α-hetero) is 1. The molecule has 0 spiro atoms. The minimum absolute atomic E-state index is 0.205. The van der Waals surface area contributed by atoms with Gasteiger partial charge in [-0.3, -0.25) is 4.79 Å². The van der Waals surface area contributed by atoms with Crippen LogP contribution in [0, 0.1) is 0 Å². The first-order valence-electron chi connectivity index (χ1n) is 9.33. The van der Waals surface area contributed by atoms with Crippen molar-refractivity contribution >= 4 is 38.0 Å². The van der Waals surface area contributed by atoms with Gasteiger partial charge in [0.25, 0.3) is 0 Å². The highest BCUT2D eigenvalue weighted by Crippen LogP contribution is 2.65. The third kappa shape index (κ3) is 5.39. The lowest BCUT2D eigenvalue weighted by Crippen LogP contribution is -2.75. The largest absolute Gasteiger partial charge is 0.460 e. The van der Waals surface area contributed by atoms with E-state index in [1.54, 1.807) is 0 Å². The highest BCUT2D eigenvalue weighted by molar-refractivity contribution is 8.34. The van der Waals surface area contributed by atoms with Gasteiger partial charge in [-0.25, -0.2) is 3.63 Å². The molecule has 1 saturated heterocycles. The van der Waals surface area contributed by atoms with Crippen LogP contribution >= 0.6 is 22.1 Å². The van der Waals surface area contributed by atoms with Crippen molar-refractivity contribution in [2.45, 2.75) is 53.9 Å². The summed E-state index contributed by atoms with van der Waals surface area (Å²) in [4.78, 5) is 11.4. The van der Waals surface area contributed by atoms with Crippen molar-refractivity contribution in [1.29, 1.82) is 0 Å². The van der Waals surface area contributed by atoms with Crippen LogP contribution in [0.5, 0.6) is 0 Å². The number of hydrogen-bond acceptors (Lipinski definition) is 5. The average Bonchev–Trinajstić information content (AvgIpc) is 2.71. The van der Waals surface area contributed by atoms with Crippen LogP contribution < -0.4 is 0 Å². The number of alkyl halides is 17. The monoisotopic (exact) mass is 676 g/mol. The Morgan fingerprint density at radius 3 is 1.33 bits per heavy atom. The minimum atomic E-state index is -8.91. The van der Waals surface area contributed by atoms with Gasteiger partial charge in [0.2, 0.25) is 0 Å². The summed E-state index contributed by atoms with van der Waals surface area (Å²) in [6, 6.07) is 0. The van der Waals surface area contributed by atoms with E-state index >= 15 is 0 Å². The lowest BCUT2D eigenvalue weighted by molar-refractivity contribution is -0.458. The van der Waals surface area contributed by atoms with Crippen LogP contribution in [0.15, 0.2) is 0 Å². The summed E-state index contributed by atoms with van der Waals surface area (Å²) < 4.78 is 255. The SMILES string of the molecule is CC(=O)CS1(OS(=O)(=O)C(F)(F)C(F)(F)C(F)(F)C(F)(F)C(F)(F)C(F)(F)C(F)(F)C(F)(F)F)CCSCC1. The summed E-state index contributed by atoms with van der Waals surface area (Å²) in [6.07, 6.45) is -7.90. The van der Waals surface area contributed by atoms with Crippen molar-refractivity contribution in [1.82, 2.24) is 0 Å². The van der Waals surface area contributed by atoms with E-state index in [-0.39, 0.29) is 11.5 Å². The molecule has 0 aromatic carbocycles.